The van der Waals surface area contributed by atoms with Gasteiger partial charge in [0.2, 0.25) is 5.91 Å². The molecule has 0 spiro atoms. The van der Waals surface area contributed by atoms with Crippen molar-refractivity contribution >= 4 is 11.9 Å². The lowest BCUT2D eigenvalue weighted by Gasteiger charge is -2.17. The quantitative estimate of drug-likeness (QED) is 0.883. The summed E-state index contributed by atoms with van der Waals surface area (Å²) in [7, 11) is 1.72. The predicted octanol–water partition coefficient (Wildman–Crippen LogP) is 1.44. The fraction of sp³-hybridized carbons (Fsp3) is 0.533. The molecule has 0 aliphatic heterocycles. The van der Waals surface area contributed by atoms with Crippen LogP contribution in [0.3, 0.4) is 0 Å². The van der Waals surface area contributed by atoms with E-state index in [1.54, 1.807) is 18.1 Å². The molecule has 0 unspecified atom stereocenters. The standard InChI is InChI=1S/C15H20N2O3/c1-15(2)11(12(15)14(19)20)13(18)17(3)9-7-10-6-4-5-8-16-10/h4-6,8,11-12H,7,9H2,1-3H3,(H,19,20)/t11-,12+/m1/s1. The van der Waals surface area contributed by atoms with Crippen molar-refractivity contribution in [2.45, 2.75) is 20.3 Å². The van der Waals surface area contributed by atoms with Crippen molar-refractivity contribution in [3.63, 3.8) is 0 Å². The third-order valence-corrected chi connectivity index (χ3v) is 4.17. The highest BCUT2D eigenvalue weighted by atomic mass is 16.4. The minimum Gasteiger partial charge on any atom is -0.481 e. The summed E-state index contributed by atoms with van der Waals surface area (Å²) in [5, 5.41) is 9.12. The SMILES string of the molecule is CN(CCc1ccccn1)C(=O)[C@H]1[C@@H](C(=O)O)C1(C)C. The molecule has 0 radical (unpaired) electrons. The van der Waals surface area contributed by atoms with Crippen LogP contribution in [0.4, 0.5) is 0 Å². The summed E-state index contributed by atoms with van der Waals surface area (Å²) >= 11 is 0. The van der Waals surface area contributed by atoms with E-state index in [1.165, 1.54) is 0 Å². The number of carbonyl (C=O) groups is 2. The van der Waals surface area contributed by atoms with Gasteiger partial charge in [0.15, 0.2) is 0 Å². The molecule has 1 aliphatic rings. The van der Waals surface area contributed by atoms with Crippen molar-refractivity contribution in [3.05, 3.63) is 30.1 Å². The normalized spacial score (nSPS) is 23.1. The highest BCUT2D eigenvalue weighted by Crippen LogP contribution is 2.58. The second-order valence-corrected chi connectivity index (χ2v) is 5.95. The van der Waals surface area contributed by atoms with Crippen molar-refractivity contribution < 1.29 is 14.7 Å². The van der Waals surface area contributed by atoms with Crippen molar-refractivity contribution in [2.24, 2.45) is 17.3 Å². The Balaban J connectivity index is 1.92. The van der Waals surface area contributed by atoms with E-state index in [1.807, 2.05) is 32.0 Å². The summed E-state index contributed by atoms with van der Waals surface area (Å²) in [6, 6.07) is 5.68. The maximum Gasteiger partial charge on any atom is 0.307 e. The van der Waals surface area contributed by atoms with Crippen LogP contribution in [0.5, 0.6) is 0 Å². The number of carbonyl (C=O) groups excluding carboxylic acids is 1. The first-order valence-electron chi connectivity index (χ1n) is 6.73. The zero-order valence-corrected chi connectivity index (χ0v) is 12.0. The van der Waals surface area contributed by atoms with Gasteiger partial charge >= 0.3 is 5.97 Å². The van der Waals surface area contributed by atoms with Crippen molar-refractivity contribution in [1.29, 1.82) is 0 Å². The van der Waals surface area contributed by atoms with E-state index in [-0.39, 0.29) is 5.91 Å². The molecule has 1 heterocycles. The molecule has 5 nitrogen and oxygen atoms in total. The van der Waals surface area contributed by atoms with Gasteiger partial charge in [0, 0.05) is 31.9 Å². The summed E-state index contributed by atoms with van der Waals surface area (Å²) in [6.45, 7) is 4.22. The van der Waals surface area contributed by atoms with Gasteiger partial charge in [-0.05, 0) is 17.5 Å². The second-order valence-electron chi connectivity index (χ2n) is 5.95. The fourth-order valence-electron chi connectivity index (χ4n) is 2.74. The van der Waals surface area contributed by atoms with Crippen LogP contribution in [0.2, 0.25) is 0 Å². The number of hydrogen-bond acceptors (Lipinski definition) is 3. The summed E-state index contributed by atoms with van der Waals surface area (Å²) in [6.07, 6.45) is 2.40. The number of aromatic nitrogens is 1. The van der Waals surface area contributed by atoms with E-state index in [0.717, 1.165) is 5.69 Å². The molecule has 1 aliphatic carbocycles. The molecule has 1 N–H and O–H groups in total. The van der Waals surface area contributed by atoms with Gasteiger partial charge in [-0.15, -0.1) is 0 Å². The molecule has 1 fully saturated rings. The zero-order chi connectivity index (χ0) is 14.9. The van der Waals surface area contributed by atoms with E-state index in [2.05, 4.69) is 4.98 Å². The van der Waals surface area contributed by atoms with Crippen molar-refractivity contribution in [2.75, 3.05) is 13.6 Å². The Morgan fingerprint density at radius 3 is 2.55 bits per heavy atom. The third kappa shape index (κ3) is 2.66. The van der Waals surface area contributed by atoms with Gasteiger partial charge in [0.1, 0.15) is 0 Å². The Morgan fingerprint density at radius 2 is 2.05 bits per heavy atom. The van der Waals surface area contributed by atoms with Crippen LogP contribution in [-0.2, 0) is 16.0 Å². The van der Waals surface area contributed by atoms with Gasteiger partial charge in [0.05, 0.1) is 11.8 Å². The van der Waals surface area contributed by atoms with E-state index in [4.69, 9.17) is 5.11 Å². The Hall–Kier alpha value is -1.91. The molecule has 2 atom stereocenters. The molecule has 0 aromatic carbocycles. The molecule has 1 aromatic rings. The lowest BCUT2D eigenvalue weighted by atomic mass is 10.1. The molecular formula is C15H20N2O3. The predicted molar refractivity (Wildman–Crippen MR) is 74.0 cm³/mol. The van der Waals surface area contributed by atoms with E-state index >= 15 is 0 Å². The number of carboxylic acid groups (broad SMARTS) is 1. The first-order valence-corrected chi connectivity index (χ1v) is 6.73. The maximum atomic E-state index is 12.3. The van der Waals surface area contributed by atoms with Crippen LogP contribution in [0.1, 0.15) is 19.5 Å². The lowest BCUT2D eigenvalue weighted by molar-refractivity contribution is -0.141. The van der Waals surface area contributed by atoms with Gasteiger partial charge in [-0.3, -0.25) is 14.6 Å². The summed E-state index contributed by atoms with van der Waals surface area (Å²) < 4.78 is 0. The van der Waals surface area contributed by atoms with Crippen LogP contribution in [0, 0.1) is 17.3 Å². The monoisotopic (exact) mass is 276 g/mol. The zero-order valence-electron chi connectivity index (χ0n) is 12.0. The molecule has 1 aromatic heterocycles. The second kappa shape index (κ2) is 5.23. The fourth-order valence-corrected chi connectivity index (χ4v) is 2.74. The minimum absolute atomic E-state index is 0.0849. The number of nitrogens with zero attached hydrogens (tertiary/aromatic N) is 2. The number of pyridine rings is 1. The highest BCUT2D eigenvalue weighted by Gasteiger charge is 2.66. The lowest BCUT2D eigenvalue weighted by Crippen LogP contribution is -2.32. The molecule has 5 heteroatoms. The summed E-state index contributed by atoms with van der Waals surface area (Å²) in [4.78, 5) is 29.2. The number of rotatable bonds is 5. The Bertz CT molecular complexity index is 513. The van der Waals surface area contributed by atoms with E-state index in [0.29, 0.717) is 13.0 Å². The Kier molecular flexibility index (Phi) is 3.79. The molecular weight excluding hydrogens is 256 g/mol. The van der Waals surface area contributed by atoms with Gasteiger partial charge in [0.25, 0.3) is 0 Å². The highest BCUT2D eigenvalue weighted by molar-refractivity contribution is 5.91. The molecule has 0 bridgehead atoms. The molecule has 20 heavy (non-hydrogen) atoms. The van der Waals surface area contributed by atoms with Crippen LogP contribution < -0.4 is 0 Å². The number of aliphatic carboxylic acids is 1. The van der Waals surface area contributed by atoms with E-state index in [9.17, 15) is 9.59 Å². The van der Waals surface area contributed by atoms with Gasteiger partial charge < -0.3 is 10.0 Å². The topological polar surface area (TPSA) is 70.5 Å². The number of carboxylic acids is 1. The van der Waals surface area contributed by atoms with Crippen molar-refractivity contribution in [3.8, 4) is 0 Å². The van der Waals surface area contributed by atoms with Crippen molar-refractivity contribution in [1.82, 2.24) is 9.88 Å². The van der Waals surface area contributed by atoms with Gasteiger partial charge in [-0.1, -0.05) is 19.9 Å². The van der Waals surface area contributed by atoms with Crippen LogP contribution >= 0.6 is 0 Å². The summed E-state index contributed by atoms with van der Waals surface area (Å²) in [5.41, 5.74) is 0.485. The molecule has 1 saturated carbocycles. The maximum absolute atomic E-state index is 12.3. The van der Waals surface area contributed by atoms with E-state index < -0.39 is 23.2 Å². The van der Waals surface area contributed by atoms with Crippen LogP contribution in [0.15, 0.2) is 24.4 Å². The Morgan fingerprint density at radius 1 is 1.35 bits per heavy atom. The van der Waals surface area contributed by atoms with Gasteiger partial charge in [-0.2, -0.15) is 0 Å². The number of likely N-dealkylation sites (N-methyl/N-ethyl adjacent to an activating group) is 1. The number of hydrogen-bond donors (Lipinski definition) is 1. The first kappa shape index (κ1) is 14.5. The van der Waals surface area contributed by atoms with Gasteiger partial charge in [-0.25, -0.2) is 0 Å². The largest absolute Gasteiger partial charge is 0.481 e. The number of amides is 1. The molecule has 0 saturated heterocycles. The minimum atomic E-state index is -0.883. The molecule has 108 valence electrons. The molecule has 1 amide bonds. The summed E-state index contributed by atoms with van der Waals surface area (Å²) in [5.74, 6) is -1.94. The average Bonchev–Trinajstić information content (AvgIpc) is 2.99. The third-order valence-electron chi connectivity index (χ3n) is 4.17. The average molecular weight is 276 g/mol. The molecule has 2 rings (SSSR count). The van der Waals surface area contributed by atoms with Crippen LogP contribution in [-0.4, -0.2) is 40.5 Å². The smallest absolute Gasteiger partial charge is 0.307 e. The first-order chi connectivity index (χ1) is 9.35. The Labute approximate surface area is 118 Å². The van der Waals surface area contributed by atoms with Crippen LogP contribution in [0.25, 0.3) is 0 Å².